The number of halogens is 2. The van der Waals surface area contributed by atoms with Gasteiger partial charge in [-0.2, -0.15) is 5.26 Å². The third kappa shape index (κ3) is 3.83. The Morgan fingerprint density at radius 1 is 1.22 bits per heavy atom. The zero-order chi connectivity index (χ0) is 17.2. The van der Waals surface area contributed by atoms with Crippen LogP contribution in [0.4, 0.5) is 14.5 Å². The lowest BCUT2D eigenvalue weighted by atomic mass is 10.1. The van der Waals surface area contributed by atoms with Crippen LogP contribution in [0, 0.1) is 23.0 Å². The second-order valence-corrected chi connectivity index (χ2v) is 6.47. The molecule has 0 aliphatic heterocycles. The number of nitrogens with one attached hydrogen (secondary N) is 1. The van der Waals surface area contributed by atoms with Gasteiger partial charge in [-0.3, -0.25) is 0 Å². The molecule has 1 atom stereocenters. The predicted octanol–water partition coefficient (Wildman–Crippen LogP) is 2.66. The minimum Gasteiger partial charge on any atom is -0.374 e. The SMILES string of the molecule is C[C@@H](Nc1c(F)cc(C#N)cc1F)c1cccc(S(N)(=O)=O)c1. The lowest BCUT2D eigenvalue weighted by molar-refractivity contribution is 0.583. The van der Waals surface area contributed by atoms with Crippen molar-refractivity contribution < 1.29 is 17.2 Å². The van der Waals surface area contributed by atoms with Crippen molar-refractivity contribution in [1.82, 2.24) is 0 Å². The van der Waals surface area contributed by atoms with E-state index in [4.69, 9.17) is 10.4 Å². The largest absolute Gasteiger partial charge is 0.374 e. The van der Waals surface area contributed by atoms with Crippen molar-refractivity contribution in [3.05, 3.63) is 59.2 Å². The lowest BCUT2D eigenvalue weighted by Crippen LogP contribution is -2.14. The molecule has 0 radical (unpaired) electrons. The number of nitriles is 1. The zero-order valence-electron chi connectivity index (χ0n) is 12.0. The Labute approximate surface area is 132 Å². The third-order valence-electron chi connectivity index (χ3n) is 3.22. The van der Waals surface area contributed by atoms with Gasteiger partial charge in [0, 0.05) is 6.04 Å². The number of nitrogens with two attached hydrogens (primary N) is 1. The highest BCUT2D eigenvalue weighted by atomic mass is 32.2. The number of anilines is 1. The van der Waals surface area contributed by atoms with Gasteiger partial charge in [0.25, 0.3) is 0 Å². The highest BCUT2D eigenvalue weighted by molar-refractivity contribution is 7.89. The van der Waals surface area contributed by atoms with E-state index in [9.17, 15) is 17.2 Å². The molecule has 8 heteroatoms. The van der Waals surface area contributed by atoms with Crippen LogP contribution in [0.25, 0.3) is 0 Å². The summed E-state index contributed by atoms with van der Waals surface area (Å²) in [5.41, 5.74) is -0.0355. The van der Waals surface area contributed by atoms with Crippen molar-refractivity contribution >= 4 is 15.7 Å². The fourth-order valence-corrected chi connectivity index (χ4v) is 2.60. The fourth-order valence-electron chi connectivity index (χ4n) is 2.04. The number of benzene rings is 2. The number of hydrogen-bond acceptors (Lipinski definition) is 4. The number of nitrogens with zero attached hydrogens (tertiary/aromatic N) is 1. The van der Waals surface area contributed by atoms with Crippen LogP contribution < -0.4 is 10.5 Å². The molecule has 0 fully saturated rings. The maximum absolute atomic E-state index is 13.9. The molecule has 0 aliphatic rings. The Balaban J connectivity index is 2.34. The summed E-state index contributed by atoms with van der Waals surface area (Å²) in [7, 11) is -3.87. The van der Waals surface area contributed by atoms with Gasteiger partial charge in [-0.15, -0.1) is 0 Å². The number of rotatable bonds is 4. The molecule has 0 aromatic heterocycles. The van der Waals surface area contributed by atoms with Gasteiger partial charge in [0.05, 0.1) is 16.5 Å². The second-order valence-electron chi connectivity index (χ2n) is 4.91. The van der Waals surface area contributed by atoms with Crippen molar-refractivity contribution in [2.75, 3.05) is 5.32 Å². The first kappa shape index (κ1) is 16.9. The number of hydrogen-bond donors (Lipinski definition) is 2. The Hall–Kier alpha value is -2.50. The first-order chi connectivity index (χ1) is 10.7. The van der Waals surface area contributed by atoms with E-state index in [1.807, 2.05) is 0 Å². The average Bonchev–Trinajstić information content (AvgIpc) is 2.49. The van der Waals surface area contributed by atoms with Crippen LogP contribution in [0.3, 0.4) is 0 Å². The molecule has 0 saturated heterocycles. The Morgan fingerprint density at radius 3 is 2.35 bits per heavy atom. The van der Waals surface area contributed by atoms with Gasteiger partial charge in [0.1, 0.15) is 5.69 Å². The molecule has 2 aromatic carbocycles. The van der Waals surface area contributed by atoms with E-state index in [0.717, 1.165) is 12.1 Å². The molecule has 0 heterocycles. The fraction of sp³-hybridized carbons (Fsp3) is 0.133. The van der Waals surface area contributed by atoms with E-state index < -0.39 is 33.4 Å². The molecule has 120 valence electrons. The Kier molecular flexibility index (Phi) is 4.63. The van der Waals surface area contributed by atoms with Gasteiger partial charge in [-0.05, 0) is 36.8 Å². The standard InChI is InChI=1S/C15H13F2N3O2S/c1-9(11-3-2-4-12(7-11)23(19,21)22)20-15-13(16)5-10(8-18)6-14(15)17/h2-7,9,20H,1H3,(H2,19,21,22)/t9-/m1/s1. The van der Waals surface area contributed by atoms with Crippen molar-refractivity contribution in [2.24, 2.45) is 5.14 Å². The van der Waals surface area contributed by atoms with Gasteiger partial charge in [-0.25, -0.2) is 22.3 Å². The molecule has 3 N–H and O–H groups in total. The van der Waals surface area contributed by atoms with Crippen molar-refractivity contribution in [3.8, 4) is 6.07 Å². The summed E-state index contributed by atoms with van der Waals surface area (Å²) < 4.78 is 50.4. The first-order valence-electron chi connectivity index (χ1n) is 6.51. The Bertz CT molecular complexity index is 869. The van der Waals surface area contributed by atoms with Crippen LogP contribution in [-0.2, 0) is 10.0 Å². The molecule has 0 aliphatic carbocycles. The summed E-state index contributed by atoms with van der Waals surface area (Å²) in [5, 5.41) is 16.4. The van der Waals surface area contributed by atoms with Crippen LogP contribution in [-0.4, -0.2) is 8.42 Å². The molecule has 2 aromatic rings. The summed E-state index contributed by atoms with van der Waals surface area (Å²) in [6.07, 6.45) is 0. The summed E-state index contributed by atoms with van der Waals surface area (Å²) in [5.74, 6) is -1.81. The molecule has 2 rings (SSSR count). The monoisotopic (exact) mass is 337 g/mol. The van der Waals surface area contributed by atoms with E-state index >= 15 is 0 Å². The summed E-state index contributed by atoms with van der Waals surface area (Å²) >= 11 is 0. The molecular weight excluding hydrogens is 324 g/mol. The highest BCUT2D eigenvalue weighted by Crippen LogP contribution is 2.26. The summed E-state index contributed by atoms with van der Waals surface area (Å²) in [6, 6.07) is 8.64. The molecular formula is C15H13F2N3O2S. The topological polar surface area (TPSA) is 96.0 Å². The van der Waals surface area contributed by atoms with Crippen LogP contribution >= 0.6 is 0 Å². The van der Waals surface area contributed by atoms with Crippen molar-refractivity contribution in [1.29, 1.82) is 5.26 Å². The van der Waals surface area contributed by atoms with Crippen LogP contribution in [0.1, 0.15) is 24.1 Å². The molecule has 5 nitrogen and oxygen atoms in total. The maximum Gasteiger partial charge on any atom is 0.238 e. The summed E-state index contributed by atoms with van der Waals surface area (Å²) in [6.45, 7) is 1.61. The normalized spacial score (nSPS) is 12.5. The van der Waals surface area contributed by atoms with Crippen molar-refractivity contribution in [3.63, 3.8) is 0 Å². The average molecular weight is 337 g/mol. The van der Waals surface area contributed by atoms with Crippen LogP contribution in [0.15, 0.2) is 41.3 Å². The van der Waals surface area contributed by atoms with E-state index in [1.54, 1.807) is 19.1 Å². The number of primary sulfonamides is 1. The summed E-state index contributed by atoms with van der Waals surface area (Å²) in [4.78, 5) is -0.0931. The highest BCUT2D eigenvalue weighted by Gasteiger charge is 2.16. The van der Waals surface area contributed by atoms with Crippen LogP contribution in [0.2, 0.25) is 0 Å². The van der Waals surface area contributed by atoms with E-state index in [0.29, 0.717) is 5.56 Å². The predicted molar refractivity (Wildman–Crippen MR) is 80.9 cm³/mol. The number of sulfonamides is 1. The first-order valence-corrected chi connectivity index (χ1v) is 8.05. The molecule has 0 amide bonds. The molecule has 0 unspecified atom stereocenters. The van der Waals surface area contributed by atoms with Crippen molar-refractivity contribution in [2.45, 2.75) is 17.9 Å². The van der Waals surface area contributed by atoms with Gasteiger partial charge >= 0.3 is 0 Å². The smallest absolute Gasteiger partial charge is 0.238 e. The van der Waals surface area contributed by atoms with E-state index in [1.165, 1.54) is 18.2 Å². The van der Waals surface area contributed by atoms with E-state index in [-0.39, 0.29) is 10.5 Å². The van der Waals surface area contributed by atoms with Gasteiger partial charge in [0.15, 0.2) is 11.6 Å². The zero-order valence-corrected chi connectivity index (χ0v) is 12.9. The maximum atomic E-state index is 13.9. The van der Waals surface area contributed by atoms with Gasteiger partial charge in [0.2, 0.25) is 10.0 Å². The van der Waals surface area contributed by atoms with Gasteiger partial charge in [-0.1, -0.05) is 12.1 Å². The second kappa shape index (κ2) is 6.32. The molecule has 23 heavy (non-hydrogen) atoms. The molecule has 0 bridgehead atoms. The quantitative estimate of drug-likeness (QED) is 0.896. The molecule has 0 spiro atoms. The van der Waals surface area contributed by atoms with Crippen LogP contribution in [0.5, 0.6) is 0 Å². The molecule has 0 saturated carbocycles. The minimum atomic E-state index is -3.87. The third-order valence-corrected chi connectivity index (χ3v) is 4.13. The minimum absolute atomic E-state index is 0.0931. The Morgan fingerprint density at radius 2 is 1.83 bits per heavy atom. The lowest BCUT2D eigenvalue weighted by Gasteiger charge is -2.17. The van der Waals surface area contributed by atoms with E-state index in [2.05, 4.69) is 5.32 Å². The van der Waals surface area contributed by atoms with Gasteiger partial charge < -0.3 is 5.32 Å².